The molecule has 0 radical (unpaired) electrons. The van der Waals surface area contributed by atoms with Crippen molar-refractivity contribution in [2.45, 2.75) is 83.5 Å². The summed E-state index contributed by atoms with van der Waals surface area (Å²) in [5.74, 6) is 0.111. The van der Waals surface area contributed by atoms with Gasteiger partial charge in [0.2, 0.25) is 0 Å². The zero-order valence-electron chi connectivity index (χ0n) is 21.3. The minimum atomic E-state index is -3.28. The lowest BCUT2D eigenvalue weighted by molar-refractivity contribution is 0.217. The Morgan fingerprint density at radius 2 is 1.82 bits per heavy atom. The number of sulfone groups is 1. The fourth-order valence-corrected chi connectivity index (χ4v) is 6.40. The Morgan fingerprint density at radius 3 is 2.36 bits per heavy atom. The highest BCUT2D eigenvalue weighted by Gasteiger charge is 2.39. The Kier molecular flexibility index (Phi) is 9.45. The van der Waals surface area contributed by atoms with Gasteiger partial charge in [-0.3, -0.25) is 0 Å². The number of allylic oxidation sites excluding steroid dienone is 1. The van der Waals surface area contributed by atoms with Crippen LogP contribution in [0.3, 0.4) is 0 Å². The molecule has 0 aliphatic rings. The predicted molar refractivity (Wildman–Crippen MR) is 144 cm³/mol. The number of rotatable bonds is 10. The number of aromatic nitrogens is 1. The van der Waals surface area contributed by atoms with Gasteiger partial charge < -0.3 is 4.43 Å². The summed E-state index contributed by atoms with van der Waals surface area (Å²) in [7, 11) is -5.27. The monoisotopic (exact) mass is 505 g/mol. The van der Waals surface area contributed by atoms with E-state index in [2.05, 4.69) is 63.3 Å². The van der Waals surface area contributed by atoms with E-state index in [-0.39, 0.29) is 16.9 Å². The summed E-state index contributed by atoms with van der Waals surface area (Å²) in [5, 5.41) is 3.22. The van der Waals surface area contributed by atoms with Crippen LogP contribution in [-0.4, -0.2) is 33.6 Å². The first-order chi connectivity index (χ1) is 15.2. The van der Waals surface area contributed by atoms with Crippen molar-refractivity contribution in [2.75, 3.05) is 5.75 Å². The molecule has 0 saturated carbocycles. The summed E-state index contributed by atoms with van der Waals surface area (Å²) in [6.45, 7) is 17.4. The molecular formula is C26H39NO3S2Si. The van der Waals surface area contributed by atoms with Gasteiger partial charge in [-0.05, 0) is 75.5 Å². The number of aryl methyl sites for hydroxylation is 1. The van der Waals surface area contributed by atoms with Crippen LogP contribution in [0.25, 0.3) is 6.08 Å². The van der Waals surface area contributed by atoms with Crippen LogP contribution in [0.15, 0.2) is 57.8 Å². The summed E-state index contributed by atoms with van der Waals surface area (Å²) in [5.41, 5.74) is 3.18. The number of nitrogens with zero attached hydrogens (tertiary/aromatic N) is 1. The molecule has 33 heavy (non-hydrogen) atoms. The van der Waals surface area contributed by atoms with E-state index in [1.165, 1.54) is 0 Å². The van der Waals surface area contributed by atoms with Crippen LogP contribution in [0.2, 0.25) is 18.1 Å². The van der Waals surface area contributed by atoms with Gasteiger partial charge in [0, 0.05) is 5.38 Å². The third-order valence-electron chi connectivity index (χ3n) is 6.31. The average Bonchev–Trinajstić information content (AvgIpc) is 3.13. The lowest BCUT2D eigenvalue weighted by Crippen LogP contribution is -2.44. The first-order valence-corrected chi connectivity index (χ1v) is 16.9. The zero-order chi connectivity index (χ0) is 24.9. The van der Waals surface area contributed by atoms with Crippen molar-refractivity contribution in [3.63, 3.8) is 0 Å². The quantitative estimate of drug-likeness (QED) is 0.249. The van der Waals surface area contributed by atoms with Gasteiger partial charge in [0.05, 0.1) is 27.5 Å². The molecule has 0 N–H and O–H groups in total. The van der Waals surface area contributed by atoms with Crippen molar-refractivity contribution in [3.8, 4) is 0 Å². The number of thiazole rings is 1. The minimum absolute atomic E-state index is 0.0615. The lowest BCUT2D eigenvalue weighted by atomic mass is 10.1. The standard InChI is InChI=1S/C26H39NO3S2Si/c1-20(16-17-32(28,29)24-12-10-9-11-13-24)14-15-25(30-33(7,8)26(4,5)6)21(2)18-23-19-31-22(3)27-23/h9-14,18-19,25H,15-17H2,1-8H3/b20-14-,21-18+/t25-/m0/s1. The topological polar surface area (TPSA) is 56.3 Å². The highest BCUT2D eigenvalue weighted by Crippen LogP contribution is 2.38. The molecule has 0 fully saturated rings. The maximum atomic E-state index is 12.6. The molecule has 2 aromatic rings. The molecule has 1 aromatic carbocycles. The van der Waals surface area contributed by atoms with E-state index in [1.807, 2.05) is 19.9 Å². The number of benzene rings is 1. The van der Waals surface area contributed by atoms with E-state index in [0.29, 0.717) is 11.3 Å². The van der Waals surface area contributed by atoms with Gasteiger partial charge >= 0.3 is 0 Å². The third-order valence-corrected chi connectivity index (χ3v) is 13.3. The van der Waals surface area contributed by atoms with Crippen molar-refractivity contribution in [2.24, 2.45) is 0 Å². The van der Waals surface area contributed by atoms with Crippen molar-refractivity contribution >= 4 is 35.6 Å². The molecule has 0 aliphatic carbocycles. The second-order valence-electron chi connectivity index (χ2n) is 10.2. The Labute approximate surface area is 205 Å². The molecule has 1 aromatic heterocycles. The molecule has 2 rings (SSSR count). The molecule has 0 aliphatic heterocycles. The van der Waals surface area contributed by atoms with E-state index in [4.69, 9.17) is 4.43 Å². The van der Waals surface area contributed by atoms with E-state index < -0.39 is 18.2 Å². The molecular weight excluding hydrogens is 467 g/mol. The summed E-state index contributed by atoms with van der Waals surface area (Å²) in [6.07, 6.45) is 5.42. The molecule has 0 spiro atoms. The van der Waals surface area contributed by atoms with Gasteiger partial charge in [0.15, 0.2) is 18.2 Å². The predicted octanol–water partition coefficient (Wildman–Crippen LogP) is 7.45. The van der Waals surface area contributed by atoms with Crippen LogP contribution < -0.4 is 0 Å². The largest absolute Gasteiger partial charge is 0.410 e. The molecule has 1 atom stereocenters. The maximum Gasteiger partial charge on any atom is 0.192 e. The van der Waals surface area contributed by atoms with Gasteiger partial charge in [-0.25, -0.2) is 13.4 Å². The summed E-state index contributed by atoms with van der Waals surface area (Å²) < 4.78 is 32.0. The van der Waals surface area contributed by atoms with E-state index in [1.54, 1.807) is 35.6 Å². The van der Waals surface area contributed by atoms with Crippen LogP contribution in [0.1, 0.15) is 58.2 Å². The SMILES string of the molecule is C/C(=C/C[C@H](O[Si](C)(C)C(C)(C)C)/C(C)=C/c1csc(C)n1)CCS(=O)(=O)c1ccccc1. The van der Waals surface area contributed by atoms with Gasteiger partial charge in [-0.2, -0.15) is 0 Å². The van der Waals surface area contributed by atoms with Gasteiger partial charge in [-0.15, -0.1) is 11.3 Å². The normalized spacial score (nSPS) is 15.0. The summed E-state index contributed by atoms with van der Waals surface area (Å²) in [6, 6.07) is 8.67. The Hall–Kier alpha value is -1.54. The van der Waals surface area contributed by atoms with Crippen molar-refractivity contribution in [1.29, 1.82) is 0 Å². The molecule has 182 valence electrons. The second kappa shape index (κ2) is 11.3. The third kappa shape index (κ3) is 8.32. The molecule has 1 heterocycles. The van der Waals surface area contributed by atoms with Crippen LogP contribution in [0.4, 0.5) is 0 Å². The minimum Gasteiger partial charge on any atom is -0.410 e. The maximum absolute atomic E-state index is 12.6. The highest BCUT2D eigenvalue weighted by atomic mass is 32.2. The molecule has 0 amide bonds. The van der Waals surface area contributed by atoms with Crippen molar-refractivity contribution in [1.82, 2.24) is 4.98 Å². The molecule has 0 unspecified atom stereocenters. The first-order valence-electron chi connectivity index (χ1n) is 11.4. The van der Waals surface area contributed by atoms with Crippen LogP contribution >= 0.6 is 11.3 Å². The highest BCUT2D eigenvalue weighted by molar-refractivity contribution is 7.91. The zero-order valence-corrected chi connectivity index (χ0v) is 23.9. The Bertz CT molecular complexity index is 1080. The van der Waals surface area contributed by atoms with Gasteiger partial charge in [-0.1, -0.05) is 50.6 Å². The molecule has 0 saturated heterocycles. The smallest absolute Gasteiger partial charge is 0.192 e. The molecule has 7 heteroatoms. The van der Waals surface area contributed by atoms with Gasteiger partial charge in [0.1, 0.15) is 0 Å². The number of hydrogen-bond acceptors (Lipinski definition) is 5. The molecule has 0 bridgehead atoms. The summed E-state index contributed by atoms with van der Waals surface area (Å²) >= 11 is 1.64. The first kappa shape index (κ1) is 27.7. The fraction of sp³-hybridized carbons (Fsp3) is 0.500. The van der Waals surface area contributed by atoms with Crippen LogP contribution in [0, 0.1) is 6.92 Å². The Morgan fingerprint density at radius 1 is 1.18 bits per heavy atom. The Balaban J connectivity index is 2.17. The van der Waals surface area contributed by atoms with Crippen molar-refractivity contribution in [3.05, 3.63) is 63.6 Å². The fourth-order valence-electron chi connectivity index (χ4n) is 3.08. The van der Waals surface area contributed by atoms with E-state index >= 15 is 0 Å². The van der Waals surface area contributed by atoms with Crippen LogP contribution in [-0.2, 0) is 14.3 Å². The van der Waals surface area contributed by atoms with E-state index in [0.717, 1.165) is 28.3 Å². The second-order valence-corrected chi connectivity index (χ2v) is 18.1. The number of hydrogen-bond donors (Lipinski definition) is 0. The van der Waals surface area contributed by atoms with E-state index in [9.17, 15) is 8.42 Å². The average molecular weight is 506 g/mol. The lowest BCUT2D eigenvalue weighted by Gasteiger charge is -2.39. The summed E-state index contributed by atoms with van der Waals surface area (Å²) in [4.78, 5) is 4.96. The molecule has 4 nitrogen and oxygen atoms in total. The van der Waals surface area contributed by atoms with Crippen LogP contribution in [0.5, 0.6) is 0 Å². The van der Waals surface area contributed by atoms with Gasteiger partial charge in [0.25, 0.3) is 0 Å². The van der Waals surface area contributed by atoms with Crippen molar-refractivity contribution < 1.29 is 12.8 Å².